The average Bonchev–Trinajstić information content (AvgIpc) is 3.19. The summed E-state index contributed by atoms with van der Waals surface area (Å²) in [5.41, 5.74) is 13.5. The van der Waals surface area contributed by atoms with E-state index in [4.69, 9.17) is 10.5 Å². The van der Waals surface area contributed by atoms with Crippen LogP contribution in [0.25, 0.3) is 0 Å². The summed E-state index contributed by atoms with van der Waals surface area (Å²) in [6.45, 7) is 11.6. The van der Waals surface area contributed by atoms with Gasteiger partial charge in [0.05, 0.1) is 6.04 Å². The Balaban J connectivity index is 1.18. The van der Waals surface area contributed by atoms with Crippen LogP contribution in [0.5, 0.6) is 5.75 Å². The molecule has 2 heterocycles. The Morgan fingerprint density at radius 3 is 2.16 bits per heavy atom. The molecule has 1 fully saturated rings. The monoisotopic (exact) mass is 511 g/mol. The third-order valence-corrected chi connectivity index (χ3v) is 8.72. The predicted octanol–water partition coefficient (Wildman–Crippen LogP) is 5.42. The van der Waals surface area contributed by atoms with E-state index in [0.717, 1.165) is 43.8 Å². The zero-order valence-electron chi connectivity index (χ0n) is 23.2. The lowest BCUT2D eigenvalue weighted by molar-refractivity contribution is -0.126. The molecule has 3 aromatic rings. The first-order valence-corrected chi connectivity index (χ1v) is 13.9. The highest BCUT2D eigenvalue weighted by molar-refractivity contribution is 5.78. The number of rotatable bonds is 7. The van der Waals surface area contributed by atoms with Crippen molar-refractivity contribution in [1.82, 2.24) is 10.2 Å². The molecule has 5 nitrogen and oxygen atoms in total. The highest BCUT2D eigenvalue weighted by Crippen LogP contribution is 2.46. The molecule has 3 aromatic carbocycles. The van der Waals surface area contributed by atoms with Gasteiger partial charge in [0.1, 0.15) is 11.4 Å². The van der Waals surface area contributed by atoms with Gasteiger partial charge in [-0.25, -0.2) is 0 Å². The molecule has 200 valence electrons. The Labute approximate surface area is 227 Å². The van der Waals surface area contributed by atoms with Gasteiger partial charge in [-0.15, -0.1) is 0 Å². The van der Waals surface area contributed by atoms with Crippen molar-refractivity contribution in [1.29, 1.82) is 0 Å². The number of piperidine rings is 1. The van der Waals surface area contributed by atoms with Crippen molar-refractivity contribution >= 4 is 5.91 Å². The van der Waals surface area contributed by atoms with Gasteiger partial charge in [0.2, 0.25) is 5.91 Å². The molecule has 0 aliphatic carbocycles. The first kappa shape index (κ1) is 26.5. The second-order valence-electron chi connectivity index (χ2n) is 11.4. The Morgan fingerprint density at radius 1 is 1.00 bits per heavy atom. The van der Waals surface area contributed by atoms with Gasteiger partial charge in [-0.3, -0.25) is 9.69 Å². The summed E-state index contributed by atoms with van der Waals surface area (Å²) >= 11 is 0. The third kappa shape index (κ3) is 5.23. The molecule has 0 radical (unpaired) electrons. The lowest BCUT2D eigenvalue weighted by Gasteiger charge is -2.38. The van der Waals surface area contributed by atoms with E-state index in [2.05, 4.69) is 92.5 Å². The Kier molecular flexibility index (Phi) is 7.60. The molecule has 38 heavy (non-hydrogen) atoms. The van der Waals surface area contributed by atoms with Crippen molar-refractivity contribution in [2.24, 2.45) is 11.7 Å². The van der Waals surface area contributed by atoms with E-state index in [1.807, 2.05) is 12.1 Å². The summed E-state index contributed by atoms with van der Waals surface area (Å²) in [7, 11) is 0. The van der Waals surface area contributed by atoms with Gasteiger partial charge in [-0.2, -0.15) is 0 Å². The van der Waals surface area contributed by atoms with Crippen molar-refractivity contribution in [3.8, 4) is 5.75 Å². The second kappa shape index (κ2) is 10.9. The summed E-state index contributed by atoms with van der Waals surface area (Å²) in [6, 6.07) is 22.9. The number of amides is 1. The number of ether oxygens (including phenoxy) is 1. The molecule has 1 amide bonds. The predicted molar refractivity (Wildman–Crippen MR) is 154 cm³/mol. The maximum Gasteiger partial charge on any atom is 0.223 e. The van der Waals surface area contributed by atoms with Crippen molar-refractivity contribution < 1.29 is 9.53 Å². The van der Waals surface area contributed by atoms with Gasteiger partial charge in [0.15, 0.2) is 0 Å². The van der Waals surface area contributed by atoms with Gasteiger partial charge in [0.25, 0.3) is 0 Å². The lowest BCUT2D eigenvalue weighted by atomic mass is 9.87. The average molecular weight is 512 g/mol. The smallest absolute Gasteiger partial charge is 0.223 e. The molecule has 0 saturated carbocycles. The minimum Gasteiger partial charge on any atom is -0.484 e. The fourth-order valence-corrected chi connectivity index (χ4v) is 6.26. The molecular weight excluding hydrogens is 470 g/mol. The number of nitrogens with one attached hydrogen (secondary N) is 1. The molecular formula is C33H41N3O2. The lowest BCUT2D eigenvalue weighted by Crippen LogP contribution is -2.52. The van der Waals surface area contributed by atoms with Gasteiger partial charge < -0.3 is 15.8 Å². The summed E-state index contributed by atoms with van der Waals surface area (Å²) < 4.78 is 6.58. The van der Waals surface area contributed by atoms with Gasteiger partial charge >= 0.3 is 0 Å². The zero-order valence-corrected chi connectivity index (χ0v) is 23.2. The van der Waals surface area contributed by atoms with E-state index in [-0.39, 0.29) is 23.8 Å². The zero-order chi connectivity index (χ0) is 26.9. The molecule has 0 bridgehead atoms. The quantitative estimate of drug-likeness (QED) is 0.444. The van der Waals surface area contributed by atoms with Crippen molar-refractivity contribution in [2.45, 2.75) is 58.1 Å². The molecule has 2 unspecified atom stereocenters. The fraction of sp³-hybridized carbons (Fsp3) is 0.424. The Bertz CT molecular complexity index is 1230. The van der Waals surface area contributed by atoms with Crippen LogP contribution in [-0.2, 0) is 4.79 Å². The molecule has 3 N–H and O–H groups in total. The van der Waals surface area contributed by atoms with E-state index in [0.29, 0.717) is 6.54 Å². The van der Waals surface area contributed by atoms with E-state index >= 15 is 0 Å². The van der Waals surface area contributed by atoms with Gasteiger partial charge in [0, 0.05) is 30.5 Å². The van der Waals surface area contributed by atoms with Crippen LogP contribution >= 0.6 is 0 Å². The molecule has 1 saturated heterocycles. The fourth-order valence-electron chi connectivity index (χ4n) is 6.26. The number of benzene rings is 3. The largest absolute Gasteiger partial charge is 0.484 e. The number of carbonyl (C=O) groups is 1. The topological polar surface area (TPSA) is 67.6 Å². The number of hydrogen-bond donors (Lipinski definition) is 2. The number of nitrogens with two attached hydrogens (primary N) is 1. The minimum atomic E-state index is -0.473. The van der Waals surface area contributed by atoms with E-state index < -0.39 is 5.60 Å². The van der Waals surface area contributed by atoms with Crippen LogP contribution in [0.15, 0.2) is 66.7 Å². The number of aryl methyl sites for hydroxylation is 2. The molecule has 5 rings (SSSR count). The standard InChI is InChI=1S/C33H41N3O2/c1-22-19-23(2)29-30(24(22)3)38-33(4,31(29)34)21-36-17-15-27(16-18-36)32(37)35-20-28(25-11-7-5-8-12-25)26-13-9-6-10-14-26/h5-14,19,27-28,31H,15-18,20-21,34H2,1-4H3,(H,35,37). The van der Waals surface area contributed by atoms with Crippen molar-refractivity contribution in [3.05, 3.63) is 100 Å². The van der Waals surface area contributed by atoms with Gasteiger partial charge in [-0.05, 0) is 81.4 Å². The molecule has 0 aromatic heterocycles. The number of fused-ring (bicyclic) bond motifs is 1. The van der Waals surface area contributed by atoms with E-state index in [1.54, 1.807) is 0 Å². The van der Waals surface area contributed by atoms with Crippen LogP contribution in [0.3, 0.4) is 0 Å². The molecule has 2 aliphatic heterocycles. The van der Waals surface area contributed by atoms with Crippen LogP contribution in [-0.4, -0.2) is 42.6 Å². The molecule has 2 atom stereocenters. The highest BCUT2D eigenvalue weighted by Gasteiger charge is 2.46. The molecule has 0 spiro atoms. The maximum absolute atomic E-state index is 13.2. The molecule has 5 heteroatoms. The third-order valence-electron chi connectivity index (χ3n) is 8.72. The number of carbonyl (C=O) groups excluding carboxylic acids is 1. The SMILES string of the molecule is Cc1cc(C)c2c(c1C)OC(C)(CN1CCC(C(=O)NCC(c3ccccc3)c3ccccc3)CC1)C2N. The number of likely N-dealkylation sites (tertiary alicyclic amines) is 1. The highest BCUT2D eigenvalue weighted by atomic mass is 16.5. The van der Waals surface area contributed by atoms with E-state index in [9.17, 15) is 4.79 Å². The minimum absolute atomic E-state index is 0.0359. The summed E-state index contributed by atoms with van der Waals surface area (Å²) in [4.78, 5) is 15.6. The van der Waals surface area contributed by atoms with Crippen LogP contribution in [0.4, 0.5) is 0 Å². The first-order valence-electron chi connectivity index (χ1n) is 13.9. The Hall–Kier alpha value is -3.15. The number of nitrogens with zero attached hydrogens (tertiary/aromatic N) is 1. The Morgan fingerprint density at radius 2 is 1.58 bits per heavy atom. The van der Waals surface area contributed by atoms with Crippen LogP contribution in [0.2, 0.25) is 0 Å². The van der Waals surface area contributed by atoms with Crippen LogP contribution in [0, 0.1) is 26.7 Å². The van der Waals surface area contributed by atoms with Crippen LogP contribution < -0.4 is 15.8 Å². The summed E-state index contributed by atoms with van der Waals surface area (Å²) in [5, 5.41) is 3.28. The summed E-state index contributed by atoms with van der Waals surface area (Å²) in [6.07, 6.45) is 1.70. The van der Waals surface area contributed by atoms with E-state index in [1.165, 1.54) is 27.8 Å². The van der Waals surface area contributed by atoms with Gasteiger partial charge in [-0.1, -0.05) is 66.7 Å². The first-order chi connectivity index (χ1) is 18.3. The normalized spacial score (nSPS) is 21.8. The van der Waals surface area contributed by atoms with Crippen molar-refractivity contribution in [2.75, 3.05) is 26.2 Å². The summed E-state index contributed by atoms with van der Waals surface area (Å²) in [5.74, 6) is 1.31. The second-order valence-corrected chi connectivity index (χ2v) is 11.4. The van der Waals surface area contributed by atoms with Crippen molar-refractivity contribution in [3.63, 3.8) is 0 Å². The number of hydrogen-bond acceptors (Lipinski definition) is 4. The maximum atomic E-state index is 13.2. The molecule has 2 aliphatic rings. The van der Waals surface area contributed by atoms with Crippen LogP contribution in [0.1, 0.15) is 65.1 Å².